The molecule has 0 saturated carbocycles. The van der Waals surface area contributed by atoms with E-state index in [0.717, 1.165) is 17.9 Å². The van der Waals surface area contributed by atoms with Gasteiger partial charge in [0, 0.05) is 12.1 Å². The first-order valence-electron chi connectivity index (χ1n) is 7.28. The fraction of sp³-hybridized carbons (Fsp3) is 0.625. The highest BCUT2D eigenvalue weighted by atomic mass is 16.5. The minimum Gasteiger partial charge on any atom is -0.497 e. The summed E-state index contributed by atoms with van der Waals surface area (Å²) in [5, 5.41) is 3.65. The average molecular weight is 263 g/mol. The van der Waals surface area contributed by atoms with E-state index in [2.05, 4.69) is 11.4 Å². The van der Waals surface area contributed by atoms with Gasteiger partial charge in [-0.25, -0.2) is 0 Å². The number of benzene rings is 1. The molecule has 1 aliphatic rings. The number of methoxy groups -OCH3 is 2. The van der Waals surface area contributed by atoms with Crippen LogP contribution in [0.2, 0.25) is 0 Å². The van der Waals surface area contributed by atoms with Crippen molar-refractivity contribution in [3.63, 3.8) is 0 Å². The highest BCUT2D eigenvalue weighted by Crippen LogP contribution is 2.26. The molecule has 1 atom stereocenters. The first kappa shape index (κ1) is 14.2. The Labute approximate surface area is 116 Å². The van der Waals surface area contributed by atoms with Crippen molar-refractivity contribution in [2.24, 2.45) is 0 Å². The van der Waals surface area contributed by atoms with Crippen LogP contribution in [0.25, 0.3) is 0 Å². The second-order valence-corrected chi connectivity index (χ2v) is 5.22. The summed E-state index contributed by atoms with van der Waals surface area (Å²) >= 11 is 0. The molecule has 3 heteroatoms. The number of aryl methyl sites for hydroxylation is 1. The number of hydrogen-bond acceptors (Lipinski definition) is 3. The molecule has 1 heterocycles. The second kappa shape index (κ2) is 7.39. The Morgan fingerprint density at radius 1 is 1.16 bits per heavy atom. The average Bonchev–Trinajstić information content (AvgIpc) is 2.73. The largest absolute Gasteiger partial charge is 0.497 e. The Balaban J connectivity index is 1.94. The number of ether oxygens (including phenoxy) is 2. The van der Waals surface area contributed by atoms with Crippen molar-refractivity contribution in [1.82, 2.24) is 5.32 Å². The van der Waals surface area contributed by atoms with Gasteiger partial charge in [0.2, 0.25) is 0 Å². The maximum absolute atomic E-state index is 5.45. The third-order valence-electron chi connectivity index (χ3n) is 3.92. The van der Waals surface area contributed by atoms with Crippen LogP contribution >= 0.6 is 0 Å². The molecule has 0 bridgehead atoms. The van der Waals surface area contributed by atoms with Crippen LogP contribution in [-0.4, -0.2) is 26.8 Å². The van der Waals surface area contributed by atoms with E-state index in [1.807, 2.05) is 12.1 Å². The summed E-state index contributed by atoms with van der Waals surface area (Å²) < 4.78 is 10.7. The molecule has 0 aliphatic carbocycles. The van der Waals surface area contributed by atoms with E-state index in [4.69, 9.17) is 9.47 Å². The summed E-state index contributed by atoms with van der Waals surface area (Å²) in [7, 11) is 3.41. The Morgan fingerprint density at radius 3 is 2.84 bits per heavy atom. The zero-order valence-electron chi connectivity index (χ0n) is 12.1. The van der Waals surface area contributed by atoms with Crippen molar-refractivity contribution in [2.45, 2.75) is 44.6 Å². The monoisotopic (exact) mass is 263 g/mol. The Hall–Kier alpha value is -1.22. The minimum absolute atomic E-state index is 0.661. The molecule has 0 spiro atoms. The number of nitrogens with one attached hydrogen (secondary N) is 1. The molecule has 1 aromatic carbocycles. The van der Waals surface area contributed by atoms with Crippen LogP contribution in [0.4, 0.5) is 0 Å². The smallest absolute Gasteiger partial charge is 0.125 e. The molecule has 1 saturated heterocycles. The van der Waals surface area contributed by atoms with Crippen molar-refractivity contribution in [3.05, 3.63) is 23.8 Å². The highest BCUT2D eigenvalue weighted by molar-refractivity contribution is 5.40. The third kappa shape index (κ3) is 4.13. The summed E-state index contributed by atoms with van der Waals surface area (Å²) in [5.74, 6) is 1.79. The van der Waals surface area contributed by atoms with Gasteiger partial charge in [-0.1, -0.05) is 18.9 Å². The molecule has 1 fully saturated rings. The van der Waals surface area contributed by atoms with Crippen molar-refractivity contribution in [1.29, 1.82) is 0 Å². The molecular formula is C16H25NO2. The van der Waals surface area contributed by atoms with Crippen LogP contribution in [0.5, 0.6) is 11.5 Å². The molecule has 2 rings (SSSR count). The van der Waals surface area contributed by atoms with Crippen LogP contribution < -0.4 is 14.8 Å². The molecule has 19 heavy (non-hydrogen) atoms. The number of rotatable bonds is 5. The van der Waals surface area contributed by atoms with Crippen LogP contribution in [0.1, 0.15) is 37.7 Å². The second-order valence-electron chi connectivity index (χ2n) is 5.22. The topological polar surface area (TPSA) is 30.5 Å². The van der Waals surface area contributed by atoms with Crippen molar-refractivity contribution in [3.8, 4) is 11.5 Å². The third-order valence-corrected chi connectivity index (χ3v) is 3.92. The van der Waals surface area contributed by atoms with E-state index in [9.17, 15) is 0 Å². The van der Waals surface area contributed by atoms with Gasteiger partial charge < -0.3 is 14.8 Å². The maximum Gasteiger partial charge on any atom is 0.125 e. The lowest BCUT2D eigenvalue weighted by molar-refractivity contribution is 0.389. The van der Waals surface area contributed by atoms with E-state index in [0.29, 0.717) is 6.04 Å². The van der Waals surface area contributed by atoms with Gasteiger partial charge in [-0.15, -0.1) is 0 Å². The molecule has 0 radical (unpaired) electrons. The zero-order valence-corrected chi connectivity index (χ0v) is 12.1. The Bertz CT molecular complexity index is 384. The van der Waals surface area contributed by atoms with Crippen LogP contribution in [0.15, 0.2) is 18.2 Å². The predicted molar refractivity (Wildman–Crippen MR) is 78.1 cm³/mol. The summed E-state index contributed by atoms with van der Waals surface area (Å²) in [6, 6.07) is 6.76. The molecule has 0 amide bonds. The van der Waals surface area contributed by atoms with Crippen LogP contribution in [0, 0.1) is 0 Å². The summed E-state index contributed by atoms with van der Waals surface area (Å²) in [6.07, 6.45) is 7.60. The highest BCUT2D eigenvalue weighted by Gasteiger charge is 2.13. The van der Waals surface area contributed by atoms with Crippen LogP contribution in [0.3, 0.4) is 0 Å². The lowest BCUT2D eigenvalue weighted by Crippen LogP contribution is -2.28. The molecule has 1 unspecified atom stereocenters. The zero-order chi connectivity index (χ0) is 13.5. The minimum atomic E-state index is 0.661. The summed E-state index contributed by atoms with van der Waals surface area (Å²) in [5.41, 5.74) is 1.27. The number of hydrogen-bond donors (Lipinski definition) is 1. The lowest BCUT2D eigenvalue weighted by Gasteiger charge is -2.17. The fourth-order valence-electron chi connectivity index (χ4n) is 2.74. The Kier molecular flexibility index (Phi) is 5.52. The molecule has 1 aromatic rings. The van der Waals surface area contributed by atoms with E-state index < -0.39 is 0 Å². The molecular weight excluding hydrogens is 238 g/mol. The van der Waals surface area contributed by atoms with E-state index in [1.54, 1.807) is 14.2 Å². The molecule has 3 nitrogen and oxygen atoms in total. The van der Waals surface area contributed by atoms with Gasteiger partial charge in [-0.3, -0.25) is 0 Å². The molecule has 106 valence electrons. The molecule has 1 N–H and O–H groups in total. The van der Waals surface area contributed by atoms with Gasteiger partial charge in [0.05, 0.1) is 14.2 Å². The lowest BCUT2D eigenvalue weighted by atomic mass is 10.0. The first-order valence-corrected chi connectivity index (χ1v) is 7.28. The van der Waals surface area contributed by atoms with Gasteiger partial charge in [-0.05, 0) is 43.9 Å². The van der Waals surface area contributed by atoms with Crippen molar-refractivity contribution < 1.29 is 9.47 Å². The summed E-state index contributed by atoms with van der Waals surface area (Å²) in [6.45, 7) is 1.17. The normalized spacial score (nSPS) is 19.8. The first-order chi connectivity index (χ1) is 9.33. The van der Waals surface area contributed by atoms with Gasteiger partial charge >= 0.3 is 0 Å². The van der Waals surface area contributed by atoms with Crippen molar-refractivity contribution in [2.75, 3.05) is 20.8 Å². The fourth-order valence-corrected chi connectivity index (χ4v) is 2.74. The van der Waals surface area contributed by atoms with Crippen LogP contribution in [-0.2, 0) is 6.42 Å². The van der Waals surface area contributed by atoms with E-state index >= 15 is 0 Å². The van der Waals surface area contributed by atoms with E-state index in [1.165, 1.54) is 44.2 Å². The maximum atomic E-state index is 5.45. The standard InChI is InChI=1S/C16H25NO2/c1-18-15-10-8-13(16(12-15)19-2)7-9-14-6-4-3-5-11-17-14/h8,10,12,14,17H,3-7,9,11H2,1-2H3. The quantitative estimate of drug-likeness (QED) is 0.885. The van der Waals surface area contributed by atoms with Gasteiger partial charge in [0.15, 0.2) is 0 Å². The van der Waals surface area contributed by atoms with Gasteiger partial charge in [0.25, 0.3) is 0 Å². The summed E-state index contributed by atoms with van der Waals surface area (Å²) in [4.78, 5) is 0. The van der Waals surface area contributed by atoms with Gasteiger partial charge in [-0.2, -0.15) is 0 Å². The van der Waals surface area contributed by atoms with Gasteiger partial charge in [0.1, 0.15) is 11.5 Å². The SMILES string of the molecule is COc1ccc(CCC2CCCCCN2)c(OC)c1. The Morgan fingerprint density at radius 2 is 2.05 bits per heavy atom. The van der Waals surface area contributed by atoms with E-state index in [-0.39, 0.29) is 0 Å². The predicted octanol–water partition coefficient (Wildman–Crippen LogP) is 3.17. The molecule has 1 aliphatic heterocycles. The molecule has 0 aromatic heterocycles. The van der Waals surface area contributed by atoms with Crippen molar-refractivity contribution >= 4 is 0 Å².